The molecular formula is C11H9Cl2N3O. The monoisotopic (exact) mass is 269 g/mol. The highest BCUT2D eigenvalue weighted by Gasteiger charge is 2.16. The molecule has 0 amide bonds. The fourth-order valence-corrected chi connectivity index (χ4v) is 2.11. The second kappa shape index (κ2) is 4.47. The Morgan fingerprint density at radius 3 is 2.29 bits per heavy atom. The topological polar surface area (TPSA) is 47.8 Å². The van der Waals surface area contributed by atoms with Gasteiger partial charge in [0, 0.05) is 12.4 Å². The van der Waals surface area contributed by atoms with Crippen molar-refractivity contribution in [3.63, 3.8) is 0 Å². The lowest BCUT2D eigenvalue weighted by molar-refractivity contribution is 0.101. The first-order chi connectivity index (χ1) is 8.02. The van der Waals surface area contributed by atoms with Crippen LogP contribution in [-0.4, -0.2) is 20.5 Å². The summed E-state index contributed by atoms with van der Waals surface area (Å²) in [5, 5.41) is 4.90. The van der Waals surface area contributed by atoms with E-state index in [1.165, 1.54) is 25.5 Å². The number of carbonyl (C=O) groups excluding carboxylic acids is 1. The van der Waals surface area contributed by atoms with Crippen LogP contribution in [0.1, 0.15) is 23.0 Å². The van der Waals surface area contributed by atoms with E-state index < -0.39 is 0 Å². The third-order valence-corrected chi connectivity index (χ3v) is 2.98. The van der Waals surface area contributed by atoms with E-state index in [1.54, 1.807) is 11.6 Å². The van der Waals surface area contributed by atoms with Gasteiger partial charge in [0.05, 0.1) is 27.5 Å². The van der Waals surface area contributed by atoms with Crippen LogP contribution in [0.3, 0.4) is 0 Å². The summed E-state index contributed by atoms with van der Waals surface area (Å²) in [5.74, 6) is -0.0462. The largest absolute Gasteiger partial charge is 0.294 e. The molecule has 88 valence electrons. The molecule has 0 spiro atoms. The Balaban J connectivity index is 2.66. The van der Waals surface area contributed by atoms with Gasteiger partial charge in [-0.05, 0) is 13.8 Å². The normalized spacial score (nSPS) is 10.6. The zero-order valence-corrected chi connectivity index (χ0v) is 10.7. The van der Waals surface area contributed by atoms with Crippen LogP contribution in [0.2, 0.25) is 10.0 Å². The lowest BCUT2D eigenvalue weighted by Gasteiger charge is -2.08. The van der Waals surface area contributed by atoms with Crippen molar-refractivity contribution in [1.29, 1.82) is 0 Å². The highest BCUT2D eigenvalue weighted by Crippen LogP contribution is 2.28. The zero-order chi connectivity index (χ0) is 12.6. The molecule has 0 saturated carbocycles. The number of rotatable bonds is 2. The molecule has 2 aromatic rings. The van der Waals surface area contributed by atoms with Gasteiger partial charge in [-0.1, -0.05) is 23.2 Å². The smallest absolute Gasteiger partial charge is 0.163 e. The first-order valence-electron chi connectivity index (χ1n) is 4.87. The van der Waals surface area contributed by atoms with E-state index in [-0.39, 0.29) is 5.78 Å². The maximum Gasteiger partial charge on any atom is 0.163 e. The number of Topliss-reactive ketones (excluding diaryl/α,β-unsaturated/α-hetero) is 1. The molecule has 6 heteroatoms. The summed E-state index contributed by atoms with van der Waals surface area (Å²) in [5.41, 5.74) is 1.79. The number of hydrogen-bond acceptors (Lipinski definition) is 3. The molecular weight excluding hydrogens is 261 g/mol. The van der Waals surface area contributed by atoms with Crippen molar-refractivity contribution < 1.29 is 4.79 Å². The average molecular weight is 270 g/mol. The van der Waals surface area contributed by atoms with E-state index in [0.29, 0.717) is 27.0 Å². The summed E-state index contributed by atoms with van der Waals surface area (Å²) in [4.78, 5) is 15.2. The predicted molar refractivity (Wildman–Crippen MR) is 66.1 cm³/mol. The van der Waals surface area contributed by atoms with E-state index in [0.717, 1.165) is 0 Å². The van der Waals surface area contributed by atoms with Gasteiger partial charge in [0.15, 0.2) is 5.78 Å². The third-order valence-electron chi connectivity index (χ3n) is 2.43. The Hall–Kier alpha value is -1.39. The standard InChI is InChI=1S/C11H9Cl2N3O/c1-6-8(7(2)17)3-15-16(6)11-9(12)4-14-5-10(11)13/h3-5H,1-2H3. The fourth-order valence-electron chi connectivity index (χ4n) is 1.59. The SMILES string of the molecule is CC(=O)c1cnn(-c2c(Cl)cncc2Cl)c1C. The first kappa shape index (κ1) is 12.1. The molecule has 0 saturated heterocycles. The summed E-state index contributed by atoms with van der Waals surface area (Å²) in [6.45, 7) is 3.28. The van der Waals surface area contributed by atoms with Crippen LogP contribution in [0, 0.1) is 6.92 Å². The van der Waals surface area contributed by atoms with Gasteiger partial charge in [-0.25, -0.2) is 4.68 Å². The molecule has 17 heavy (non-hydrogen) atoms. The van der Waals surface area contributed by atoms with Crippen molar-refractivity contribution in [3.8, 4) is 5.69 Å². The lowest BCUT2D eigenvalue weighted by atomic mass is 10.2. The highest BCUT2D eigenvalue weighted by atomic mass is 35.5. The molecule has 0 aliphatic carbocycles. The van der Waals surface area contributed by atoms with E-state index in [2.05, 4.69) is 10.1 Å². The third kappa shape index (κ3) is 2.06. The molecule has 0 N–H and O–H groups in total. The lowest BCUT2D eigenvalue weighted by Crippen LogP contribution is -2.03. The first-order valence-corrected chi connectivity index (χ1v) is 5.63. The number of carbonyl (C=O) groups is 1. The van der Waals surface area contributed by atoms with Gasteiger partial charge in [0.1, 0.15) is 5.69 Å². The summed E-state index contributed by atoms with van der Waals surface area (Å²) >= 11 is 12.1. The number of aromatic nitrogens is 3. The highest BCUT2D eigenvalue weighted by molar-refractivity contribution is 6.37. The average Bonchev–Trinajstić information content (AvgIpc) is 2.61. The molecule has 0 fully saturated rings. The molecule has 2 rings (SSSR count). The Bertz CT molecular complexity index is 572. The van der Waals surface area contributed by atoms with Crippen molar-refractivity contribution in [2.75, 3.05) is 0 Å². The second-order valence-corrected chi connectivity index (χ2v) is 4.38. The maximum atomic E-state index is 11.3. The molecule has 2 aromatic heterocycles. The van der Waals surface area contributed by atoms with Crippen LogP contribution in [0.25, 0.3) is 5.69 Å². The van der Waals surface area contributed by atoms with Crippen LogP contribution in [0.4, 0.5) is 0 Å². The molecule has 0 unspecified atom stereocenters. The second-order valence-electron chi connectivity index (χ2n) is 3.56. The van der Waals surface area contributed by atoms with Gasteiger partial charge >= 0.3 is 0 Å². The molecule has 4 nitrogen and oxygen atoms in total. The van der Waals surface area contributed by atoms with E-state index in [9.17, 15) is 4.79 Å². The number of halogens is 2. The quantitative estimate of drug-likeness (QED) is 0.788. The predicted octanol–water partition coefficient (Wildman–Crippen LogP) is 3.09. The molecule has 0 aliphatic rings. The summed E-state index contributed by atoms with van der Waals surface area (Å²) in [7, 11) is 0. The van der Waals surface area contributed by atoms with Crippen LogP contribution in [0.5, 0.6) is 0 Å². The molecule has 0 bridgehead atoms. The van der Waals surface area contributed by atoms with E-state index in [4.69, 9.17) is 23.2 Å². The van der Waals surface area contributed by atoms with Gasteiger partial charge in [-0.3, -0.25) is 9.78 Å². The van der Waals surface area contributed by atoms with E-state index in [1.807, 2.05) is 0 Å². The minimum atomic E-state index is -0.0462. The van der Waals surface area contributed by atoms with Gasteiger partial charge in [0.25, 0.3) is 0 Å². The van der Waals surface area contributed by atoms with Crippen LogP contribution in [0.15, 0.2) is 18.6 Å². The summed E-state index contributed by atoms with van der Waals surface area (Å²) in [6.07, 6.45) is 4.47. The van der Waals surface area contributed by atoms with Crippen LogP contribution >= 0.6 is 23.2 Å². The Kier molecular flexibility index (Phi) is 3.17. The maximum absolute atomic E-state index is 11.3. The molecule has 0 aromatic carbocycles. The number of nitrogens with zero attached hydrogens (tertiary/aromatic N) is 3. The van der Waals surface area contributed by atoms with Gasteiger partial charge in [0.2, 0.25) is 0 Å². The minimum absolute atomic E-state index is 0.0462. The summed E-state index contributed by atoms with van der Waals surface area (Å²) in [6, 6.07) is 0. The Morgan fingerprint density at radius 1 is 1.24 bits per heavy atom. The van der Waals surface area contributed by atoms with Crippen molar-refractivity contribution in [2.45, 2.75) is 13.8 Å². The number of pyridine rings is 1. The van der Waals surface area contributed by atoms with Gasteiger partial charge in [-0.15, -0.1) is 0 Å². The van der Waals surface area contributed by atoms with Crippen molar-refractivity contribution >= 4 is 29.0 Å². The van der Waals surface area contributed by atoms with Crippen molar-refractivity contribution in [3.05, 3.63) is 39.9 Å². The number of ketones is 1. The van der Waals surface area contributed by atoms with Crippen molar-refractivity contribution in [1.82, 2.24) is 14.8 Å². The molecule has 0 radical (unpaired) electrons. The molecule has 2 heterocycles. The van der Waals surface area contributed by atoms with Gasteiger partial charge < -0.3 is 0 Å². The Morgan fingerprint density at radius 2 is 1.82 bits per heavy atom. The van der Waals surface area contributed by atoms with E-state index >= 15 is 0 Å². The molecule has 0 aliphatic heterocycles. The van der Waals surface area contributed by atoms with Crippen LogP contribution in [-0.2, 0) is 0 Å². The fraction of sp³-hybridized carbons (Fsp3) is 0.182. The summed E-state index contributed by atoms with van der Waals surface area (Å²) < 4.78 is 1.54. The minimum Gasteiger partial charge on any atom is -0.294 e. The number of hydrogen-bond donors (Lipinski definition) is 0. The van der Waals surface area contributed by atoms with Gasteiger partial charge in [-0.2, -0.15) is 5.10 Å². The molecule has 0 atom stereocenters. The van der Waals surface area contributed by atoms with Crippen LogP contribution < -0.4 is 0 Å². The Labute approximate surface area is 108 Å². The van der Waals surface area contributed by atoms with Crippen molar-refractivity contribution in [2.24, 2.45) is 0 Å². The zero-order valence-electron chi connectivity index (χ0n) is 9.24.